The highest BCUT2D eigenvalue weighted by Crippen LogP contribution is 2.05. The van der Waals surface area contributed by atoms with Crippen LogP contribution >= 0.6 is 0 Å². The van der Waals surface area contributed by atoms with Crippen molar-refractivity contribution in [2.45, 2.75) is 12.8 Å². The SMILES string of the molecule is [B]C=C(CC=C)CC=C. The highest BCUT2D eigenvalue weighted by atomic mass is 13.9. The standard InChI is InChI=1S/C8H11B/c1-3-5-8(7-9)6-4-2/h3-4,7H,1-2,5-6H2. The predicted octanol–water partition coefficient (Wildman–Crippen LogP) is 2.19. The summed E-state index contributed by atoms with van der Waals surface area (Å²) in [6.45, 7) is 7.20. The van der Waals surface area contributed by atoms with Gasteiger partial charge in [-0.3, -0.25) is 0 Å². The van der Waals surface area contributed by atoms with Gasteiger partial charge in [0, 0.05) is 0 Å². The maximum absolute atomic E-state index is 5.29. The molecule has 0 aromatic heterocycles. The number of allylic oxidation sites excluding steroid dienone is 3. The Hall–Kier alpha value is -0.715. The lowest BCUT2D eigenvalue weighted by Crippen LogP contribution is -1.77. The van der Waals surface area contributed by atoms with Crippen molar-refractivity contribution in [3.05, 3.63) is 36.9 Å². The van der Waals surface area contributed by atoms with Crippen LogP contribution in [-0.4, -0.2) is 7.85 Å². The fourth-order valence-electron chi connectivity index (χ4n) is 0.590. The monoisotopic (exact) mass is 118 g/mol. The van der Waals surface area contributed by atoms with Crippen LogP contribution in [-0.2, 0) is 0 Å². The van der Waals surface area contributed by atoms with Crippen molar-refractivity contribution in [1.29, 1.82) is 0 Å². The summed E-state index contributed by atoms with van der Waals surface area (Å²) >= 11 is 0. The first-order valence-electron chi connectivity index (χ1n) is 2.96. The van der Waals surface area contributed by atoms with E-state index < -0.39 is 0 Å². The highest BCUT2D eigenvalue weighted by molar-refractivity contribution is 6.17. The van der Waals surface area contributed by atoms with Crippen LogP contribution in [0.2, 0.25) is 0 Å². The van der Waals surface area contributed by atoms with Gasteiger partial charge in [0.25, 0.3) is 0 Å². The molecule has 0 nitrogen and oxygen atoms in total. The Bertz CT molecular complexity index is 111. The second-order valence-electron chi connectivity index (χ2n) is 1.81. The molecule has 1 heteroatoms. The first kappa shape index (κ1) is 8.28. The molecule has 46 valence electrons. The average molecular weight is 118 g/mol. The van der Waals surface area contributed by atoms with Crippen molar-refractivity contribution in [3.63, 3.8) is 0 Å². The zero-order valence-electron chi connectivity index (χ0n) is 5.64. The Labute approximate surface area is 58.4 Å². The molecule has 0 aliphatic rings. The van der Waals surface area contributed by atoms with Gasteiger partial charge in [0.1, 0.15) is 7.85 Å². The van der Waals surface area contributed by atoms with Crippen LogP contribution in [0, 0.1) is 0 Å². The van der Waals surface area contributed by atoms with E-state index >= 15 is 0 Å². The molecule has 0 aliphatic carbocycles. The van der Waals surface area contributed by atoms with Gasteiger partial charge in [0.15, 0.2) is 0 Å². The van der Waals surface area contributed by atoms with E-state index in [0.717, 1.165) is 12.8 Å². The van der Waals surface area contributed by atoms with Crippen molar-refractivity contribution in [3.8, 4) is 0 Å². The molecule has 0 spiro atoms. The Morgan fingerprint density at radius 1 is 1.22 bits per heavy atom. The third-order valence-corrected chi connectivity index (χ3v) is 1.05. The summed E-state index contributed by atoms with van der Waals surface area (Å²) < 4.78 is 0. The first-order chi connectivity index (χ1) is 4.35. The molecule has 0 saturated carbocycles. The Balaban J connectivity index is 3.68. The lowest BCUT2D eigenvalue weighted by molar-refractivity contribution is 1.12. The summed E-state index contributed by atoms with van der Waals surface area (Å²) in [6, 6.07) is 0. The molecule has 0 aliphatic heterocycles. The van der Waals surface area contributed by atoms with Gasteiger partial charge in [0.2, 0.25) is 0 Å². The zero-order valence-corrected chi connectivity index (χ0v) is 5.64. The van der Waals surface area contributed by atoms with Crippen molar-refractivity contribution >= 4 is 7.85 Å². The summed E-state index contributed by atoms with van der Waals surface area (Å²) in [5.74, 6) is 1.61. The third kappa shape index (κ3) is 3.83. The normalized spacial score (nSPS) is 8.00. The van der Waals surface area contributed by atoms with Gasteiger partial charge in [-0.15, -0.1) is 19.1 Å². The van der Waals surface area contributed by atoms with Crippen LogP contribution in [0.5, 0.6) is 0 Å². The van der Waals surface area contributed by atoms with Gasteiger partial charge in [-0.2, -0.15) is 0 Å². The average Bonchev–Trinajstić information content (AvgIpc) is 1.88. The maximum atomic E-state index is 5.29. The third-order valence-electron chi connectivity index (χ3n) is 1.05. The minimum atomic E-state index is 0.864. The van der Waals surface area contributed by atoms with E-state index in [0.29, 0.717) is 0 Å². The Kier molecular flexibility index (Phi) is 4.99. The van der Waals surface area contributed by atoms with Gasteiger partial charge in [0.05, 0.1) is 0 Å². The molecular formula is C8H11B. The van der Waals surface area contributed by atoms with Gasteiger partial charge < -0.3 is 0 Å². The van der Waals surface area contributed by atoms with Gasteiger partial charge >= 0.3 is 0 Å². The van der Waals surface area contributed by atoms with Crippen molar-refractivity contribution in [1.82, 2.24) is 0 Å². The summed E-state index contributed by atoms with van der Waals surface area (Å²) in [4.78, 5) is 0. The maximum Gasteiger partial charge on any atom is 0.102 e. The van der Waals surface area contributed by atoms with Crippen LogP contribution in [0.25, 0.3) is 0 Å². The van der Waals surface area contributed by atoms with Gasteiger partial charge in [-0.25, -0.2) is 0 Å². The van der Waals surface area contributed by atoms with Crippen LogP contribution in [0.1, 0.15) is 12.8 Å². The van der Waals surface area contributed by atoms with Crippen LogP contribution in [0.15, 0.2) is 36.9 Å². The molecule has 0 saturated heterocycles. The summed E-state index contributed by atoms with van der Waals surface area (Å²) in [5.41, 5.74) is 1.17. The van der Waals surface area contributed by atoms with E-state index in [1.54, 1.807) is 5.98 Å². The van der Waals surface area contributed by atoms with Crippen molar-refractivity contribution in [2.24, 2.45) is 0 Å². The number of hydrogen-bond donors (Lipinski definition) is 0. The minimum Gasteiger partial charge on any atom is -0.132 e. The van der Waals surface area contributed by atoms with Gasteiger partial charge in [-0.05, 0) is 12.8 Å². The second kappa shape index (κ2) is 5.42. The molecule has 0 fully saturated rings. The summed E-state index contributed by atoms with van der Waals surface area (Å²) in [6.07, 6.45) is 5.40. The molecule has 0 bridgehead atoms. The predicted molar refractivity (Wildman–Crippen MR) is 43.5 cm³/mol. The number of hydrogen-bond acceptors (Lipinski definition) is 0. The molecule has 2 radical (unpaired) electrons. The molecule has 0 heterocycles. The second-order valence-corrected chi connectivity index (χ2v) is 1.81. The molecule has 0 aromatic carbocycles. The van der Waals surface area contributed by atoms with E-state index in [2.05, 4.69) is 13.2 Å². The highest BCUT2D eigenvalue weighted by Gasteiger charge is 1.85. The largest absolute Gasteiger partial charge is 0.132 e. The van der Waals surface area contributed by atoms with E-state index in [1.165, 1.54) is 5.57 Å². The topological polar surface area (TPSA) is 0 Å². The smallest absolute Gasteiger partial charge is 0.102 e. The van der Waals surface area contributed by atoms with E-state index in [4.69, 9.17) is 7.85 Å². The zero-order chi connectivity index (χ0) is 7.11. The molecule has 0 amide bonds. The van der Waals surface area contributed by atoms with Crippen LogP contribution < -0.4 is 0 Å². The fourth-order valence-corrected chi connectivity index (χ4v) is 0.590. The Morgan fingerprint density at radius 2 is 1.67 bits per heavy atom. The fraction of sp³-hybridized carbons (Fsp3) is 0.250. The molecular weight excluding hydrogens is 107 g/mol. The summed E-state index contributed by atoms with van der Waals surface area (Å²) in [7, 11) is 5.29. The van der Waals surface area contributed by atoms with E-state index in [9.17, 15) is 0 Å². The minimum absolute atomic E-state index is 0.864. The Morgan fingerprint density at radius 3 is 1.89 bits per heavy atom. The summed E-state index contributed by atoms with van der Waals surface area (Å²) in [5, 5.41) is 0. The first-order valence-corrected chi connectivity index (χ1v) is 2.96. The molecule has 9 heavy (non-hydrogen) atoms. The van der Waals surface area contributed by atoms with E-state index in [1.807, 2.05) is 12.2 Å². The molecule has 0 unspecified atom stereocenters. The van der Waals surface area contributed by atoms with Gasteiger partial charge in [-0.1, -0.05) is 17.7 Å². The molecule has 0 N–H and O–H groups in total. The lowest BCUT2D eigenvalue weighted by Gasteiger charge is -1.96. The van der Waals surface area contributed by atoms with E-state index in [-0.39, 0.29) is 0 Å². The molecule has 0 atom stereocenters. The van der Waals surface area contributed by atoms with Crippen LogP contribution in [0.3, 0.4) is 0 Å². The quantitative estimate of drug-likeness (QED) is 0.392. The molecule has 0 aromatic rings. The number of rotatable bonds is 4. The van der Waals surface area contributed by atoms with Crippen molar-refractivity contribution in [2.75, 3.05) is 0 Å². The van der Waals surface area contributed by atoms with Crippen LogP contribution in [0.4, 0.5) is 0 Å². The van der Waals surface area contributed by atoms with Crippen molar-refractivity contribution < 1.29 is 0 Å². The molecule has 0 rings (SSSR count). The lowest BCUT2D eigenvalue weighted by atomic mass is 10.00.